The van der Waals surface area contributed by atoms with Gasteiger partial charge in [0.15, 0.2) is 0 Å². The van der Waals surface area contributed by atoms with Gasteiger partial charge in [-0.25, -0.2) is 4.79 Å². The summed E-state index contributed by atoms with van der Waals surface area (Å²) in [6, 6.07) is 12.0. The molecule has 0 aliphatic rings. The molecule has 0 spiro atoms. The van der Waals surface area contributed by atoms with Crippen LogP contribution in [-0.4, -0.2) is 17.4 Å². The van der Waals surface area contributed by atoms with Crippen LogP contribution in [-0.2, 0) is 0 Å². The molecule has 0 aromatic heterocycles. The highest BCUT2D eigenvalue weighted by molar-refractivity contribution is 5.91. The van der Waals surface area contributed by atoms with Crippen molar-refractivity contribution < 1.29 is 19.4 Å². The van der Waals surface area contributed by atoms with E-state index in [1.165, 1.54) is 24.3 Å². The summed E-state index contributed by atoms with van der Waals surface area (Å²) in [5, 5.41) is 9.10. The first-order chi connectivity index (χ1) is 8.69. The summed E-state index contributed by atoms with van der Waals surface area (Å²) in [6.07, 6.45) is 0.714. The van der Waals surface area contributed by atoms with E-state index in [1.807, 2.05) is 0 Å². The number of ether oxygens (including phenoxy) is 1. The van der Waals surface area contributed by atoms with Gasteiger partial charge >= 0.3 is 5.97 Å². The van der Waals surface area contributed by atoms with E-state index in [0.29, 0.717) is 23.2 Å². The molecule has 4 heteroatoms. The van der Waals surface area contributed by atoms with Crippen molar-refractivity contribution >= 4 is 12.3 Å². The quantitative estimate of drug-likeness (QED) is 0.510. The predicted octanol–water partition coefficient (Wildman–Crippen LogP) is 2.42. The summed E-state index contributed by atoms with van der Waals surface area (Å²) in [5.74, 6) is -0.0746. The normalized spacial score (nSPS) is 9.78. The zero-order chi connectivity index (χ0) is 13.0. The van der Waals surface area contributed by atoms with Crippen molar-refractivity contribution in [3.05, 3.63) is 59.7 Å². The third kappa shape index (κ3) is 2.74. The van der Waals surface area contributed by atoms with E-state index in [2.05, 4.69) is 0 Å². The number of aromatic hydroxyl groups is 1. The van der Waals surface area contributed by atoms with Crippen LogP contribution >= 0.6 is 0 Å². The van der Waals surface area contributed by atoms with Crippen molar-refractivity contribution in [1.29, 1.82) is 0 Å². The molecule has 0 atom stereocenters. The molecule has 90 valence electrons. The molecule has 0 aliphatic carbocycles. The number of carbonyl (C=O) groups is 2. The molecule has 0 unspecified atom stereocenters. The third-order valence-corrected chi connectivity index (χ3v) is 2.33. The van der Waals surface area contributed by atoms with Crippen LogP contribution in [0.2, 0.25) is 0 Å². The maximum atomic E-state index is 11.7. The third-order valence-electron chi connectivity index (χ3n) is 2.33. The smallest absolute Gasteiger partial charge is 0.343 e. The molecule has 2 rings (SSSR count). The molecule has 0 amide bonds. The van der Waals surface area contributed by atoms with Gasteiger partial charge in [-0.2, -0.15) is 0 Å². The largest absolute Gasteiger partial charge is 0.508 e. The van der Waals surface area contributed by atoms with Crippen LogP contribution in [0.1, 0.15) is 20.7 Å². The zero-order valence-corrected chi connectivity index (χ0v) is 9.37. The number of hydrogen-bond acceptors (Lipinski definition) is 4. The molecular formula is C14H10O4. The van der Waals surface area contributed by atoms with Crippen LogP contribution in [0, 0.1) is 0 Å². The van der Waals surface area contributed by atoms with E-state index in [9.17, 15) is 9.59 Å². The molecular weight excluding hydrogens is 232 g/mol. The lowest BCUT2D eigenvalue weighted by atomic mass is 10.2. The Hall–Kier alpha value is -2.62. The van der Waals surface area contributed by atoms with Crippen molar-refractivity contribution in [3.8, 4) is 11.5 Å². The summed E-state index contributed by atoms with van der Waals surface area (Å²) < 4.78 is 5.10. The summed E-state index contributed by atoms with van der Waals surface area (Å²) >= 11 is 0. The van der Waals surface area contributed by atoms with Crippen LogP contribution in [0.25, 0.3) is 0 Å². The van der Waals surface area contributed by atoms with Crippen molar-refractivity contribution in [2.24, 2.45) is 0 Å². The maximum Gasteiger partial charge on any atom is 0.343 e. The Balaban J connectivity index is 2.10. The van der Waals surface area contributed by atoms with E-state index in [4.69, 9.17) is 9.84 Å². The molecule has 0 aliphatic heterocycles. The highest BCUT2D eigenvalue weighted by Crippen LogP contribution is 2.15. The second-order valence-electron chi connectivity index (χ2n) is 3.62. The Bertz CT molecular complexity index is 555. The van der Waals surface area contributed by atoms with Gasteiger partial charge in [-0.15, -0.1) is 0 Å². The SMILES string of the molecule is O=Cc1ccc(OC(=O)c2ccc(O)cc2)cc1. The number of carbonyl (C=O) groups excluding carboxylic acids is 2. The van der Waals surface area contributed by atoms with Gasteiger partial charge in [-0.05, 0) is 48.5 Å². The number of phenols is 1. The van der Waals surface area contributed by atoms with Crippen molar-refractivity contribution in [2.75, 3.05) is 0 Å². The van der Waals surface area contributed by atoms with Gasteiger partial charge in [-0.3, -0.25) is 4.79 Å². The summed E-state index contributed by atoms with van der Waals surface area (Å²) in [7, 11) is 0. The highest BCUT2D eigenvalue weighted by Gasteiger charge is 2.08. The summed E-state index contributed by atoms with van der Waals surface area (Å²) in [6.45, 7) is 0. The Kier molecular flexibility index (Phi) is 3.38. The number of benzene rings is 2. The number of aldehydes is 1. The summed E-state index contributed by atoms with van der Waals surface area (Å²) in [5.41, 5.74) is 0.853. The fourth-order valence-corrected chi connectivity index (χ4v) is 1.38. The second-order valence-corrected chi connectivity index (χ2v) is 3.62. The Labute approximate surface area is 103 Å². The average Bonchev–Trinajstić information content (AvgIpc) is 2.40. The van der Waals surface area contributed by atoms with E-state index in [-0.39, 0.29) is 5.75 Å². The minimum atomic E-state index is -0.520. The Morgan fingerprint density at radius 1 is 1.00 bits per heavy atom. The lowest BCUT2D eigenvalue weighted by Crippen LogP contribution is -2.08. The number of phenolic OH excluding ortho intramolecular Hbond substituents is 1. The van der Waals surface area contributed by atoms with Crippen molar-refractivity contribution in [1.82, 2.24) is 0 Å². The molecule has 0 saturated carbocycles. The number of rotatable bonds is 3. The molecule has 4 nitrogen and oxygen atoms in total. The first-order valence-electron chi connectivity index (χ1n) is 5.25. The fraction of sp³-hybridized carbons (Fsp3) is 0. The molecule has 0 heterocycles. The first kappa shape index (κ1) is 11.9. The lowest BCUT2D eigenvalue weighted by Gasteiger charge is -2.04. The minimum absolute atomic E-state index is 0.0851. The summed E-state index contributed by atoms with van der Waals surface area (Å²) in [4.78, 5) is 22.2. The Morgan fingerprint density at radius 2 is 1.61 bits per heavy atom. The standard InChI is InChI=1S/C14H10O4/c15-9-10-1-7-13(8-2-10)18-14(17)11-3-5-12(16)6-4-11/h1-9,16H. The van der Waals surface area contributed by atoms with Crippen LogP contribution in [0.3, 0.4) is 0 Å². The molecule has 0 radical (unpaired) electrons. The molecule has 18 heavy (non-hydrogen) atoms. The highest BCUT2D eigenvalue weighted by atomic mass is 16.5. The average molecular weight is 242 g/mol. The lowest BCUT2D eigenvalue weighted by molar-refractivity contribution is 0.0734. The molecule has 2 aromatic carbocycles. The molecule has 0 bridgehead atoms. The van der Waals surface area contributed by atoms with Crippen LogP contribution in [0.5, 0.6) is 11.5 Å². The maximum absolute atomic E-state index is 11.7. The van der Waals surface area contributed by atoms with E-state index in [1.54, 1.807) is 24.3 Å². The van der Waals surface area contributed by atoms with E-state index >= 15 is 0 Å². The van der Waals surface area contributed by atoms with Gasteiger partial charge in [0.1, 0.15) is 17.8 Å². The topological polar surface area (TPSA) is 63.6 Å². The second kappa shape index (κ2) is 5.14. The Morgan fingerprint density at radius 3 is 2.17 bits per heavy atom. The number of hydrogen-bond donors (Lipinski definition) is 1. The monoisotopic (exact) mass is 242 g/mol. The predicted molar refractivity (Wildman–Crippen MR) is 64.9 cm³/mol. The van der Waals surface area contributed by atoms with E-state index < -0.39 is 5.97 Å². The van der Waals surface area contributed by atoms with Gasteiger partial charge in [0.05, 0.1) is 5.56 Å². The van der Waals surface area contributed by atoms with Gasteiger partial charge in [0.2, 0.25) is 0 Å². The fourth-order valence-electron chi connectivity index (χ4n) is 1.38. The van der Waals surface area contributed by atoms with Gasteiger partial charge in [-0.1, -0.05) is 0 Å². The van der Waals surface area contributed by atoms with Crippen LogP contribution in [0.15, 0.2) is 48.5 Å². The zero-order valence-electron chi connectivity index (χ0n) is 9.37. The van der Waals surface area contributed by atoms with Crippen molar-refractivity contribution in [3.63, 3.8) is 0 Å². The minimum Gasteiger partial charge on any atom is -0.508 e. The molecule has 0 saturated heterocycles. The van der Waals surface area contributed by atoms with E-state index in [0.717, 1.165) is 0 Å². The van der Waals surface area contributed by atoms with Gasteiger partial charge < -0.3 is 9.84 Å². The molecule has 2 aromatic rings. The van der Waals surface area contributed by atoms with Gasteiger partial charge in [0.25, 0.3) is 0 Å². The van der Waals surface area contributed by atoms with Crippen LogP contribution in [0.4, 0.5) is 0 Å². The number of esters is 1. The van der Waals surface area contributed by atoms with Crippen LogP contribution < -0.4 is 4.74 Å². The molecule has 1 N–H and O–H groups in total. The van der Waals surface area contributed by atoms with Crippen molar-refractivity contribution in [2.45, 2.75) is 0 Å². The molecule has 0 fully saturated rings. The van der Waals surface area contributed by atoms with Gasteiger partial charge in [0, 0.05) is 5.56 Å². The first-order valence-corrected chi connectivity index (χ1v) is 5.25.